The first-order valence-electron chi connectivity index (χ1n) is 5.66. The van der Waals surface area contributed by atoms with Crippen molar-refractivity contribution in [1.82, 2.24) is 9.88 Å². The number of hydrogen-bond acceptors (Lipinski definition) is 2. The molecular weight excluding hydrogens is 210 g/mol. The number of nitrogens with one attached hydrogen (secondary N) is 1. The SMILES string of the molecule is CN(C)Cc1ccccc1N=Cc1ccc[nH]1. The summed E-state index contributed by atoms with van der Waals surface area (Å²) in [5.41, 5.74) is 3.28. The summed E-state index contributed by atoms with van der Waals surface area (Å²) in [5, 5.41) is 0. The van der Waals surface area contributed by atoms with E-state index in [1.807, 2.05) is 42.7 Å². The molecule has 88 valence electrons. The van der Waals surface area contributed by atoms with Gasteiger partial charge in [0.25, 0.3) is 0 Å². The van der Waals surface area contributed by atoms with Crippen molar-refractivity contribution in [2.24, 2.45) is 4.99 Å². The van der Waals surface area contributed by atoms with E-state index in [0.29, 0.717) is 0 Å². The van der Waals surface area contributed by atoms with Gasteiger partial charge >= 0.3 is 0 Å². The summed E-state index contributed by atoms with van der Waals surface area (Å²) in [6.45, 7) is 0.901. The number of aromatic amines is 1. The second kappa shape index (κ2) is 5.46. The predicted octanol–water partition coefficient (Wildman–Crippen LogP) is 2.83. The van der Waals surface area contributed by atoms with E-state index in [1.54, 1.807) is 0 Å². The lowest BCUT2D eigenvalue weighted by Gasteiger charge is -2.11. The van der Waals surface area contributed by atoms with Crippen molar-refractivity contribution in [3.63, 3.8) is 0 Å². The Balaban J connectivity index is 2.20. The first kappa shape index (κ1) is 11.6. The van der Waals surface area contributed by atoms with Gasteiger partial charge in [-0.05, 0) is 37.9 Å². The second-order valence-electron chi connectivity index (χ2n) is 4.25. The third-order valence-electron chi connectivity index (χ3n) is 2.44. The van der Waals surface area contributed by atoms with Gasteiger partial charge in [0.05, 0.1) is 17.6 Å². The minimum Gasteiger partial charge on any atom is -0.360 e. The molecule has 0 aliphatic rings. The lowest BCUT2D eigenvalue weighted by Crippen LogP contribution is -2.10. The molecule has 1 aromatic heterocycles. The molecule has 2 aromatic rings. The predicted molar refractivity (Wildman–Crippen MR) is 71.9 cm³/mol. The van der Waals surface area contributed by atoms with Crippen molar-refractivity contribution in [3.8, 4) is 0 Å². The van der Waals surface area contributed by atoms with Crippen LogP contribution in [0.2, 0.25) is 0 Å². The summed E-state index contributed by atoms with van der Waals surface area (Å²) in [7, 11) is 4.12. The van der Waals surface area contributed by atoms with E-state index in [2.05, 4.69) is 35.0 Å². The number of rotatable bonds is 4. The van der Waals surface area contributed by atoms with Crippen LogP contribution in [0.5, 0.6) is 0 Å². The zero-order valence-electron chi connectivity index (χ0n) is 10.2. The molecule has 0 unspecified atom stereocenters. The van der Waals surface area contributed by atoms with Gasteiger partial charge in [-0.2, -0.15) is 0 Å². The topological polar surface area (TPSA) is 31.4 Å². The maximum atomic E-state index is 4.52. The Morgan fingerprint density at radius 3 is 2.71 bits per heavy atom. The van der Waals surface area contributed by atoms with Gasteiger partial charge in [-0.25, -0.2) is 0 Å². The average Bonchev–Trinajstić information content (AvgIpc) is 2.80. The van der Waals surface area contributed by atoms with Crippen LogP contribution in [0.15, 0.2) is 47.6 Å². The molecule has 17 heavy (non-hydrogen) atoms. The van der Waals surface area contributed by atoms with Crippen LogP contribution in [0.3, 0.4) is 0 Å². The maximum Gasteiger partial charge on any atom is 0.0675 e. The van der Waals surface area contributed by atoms with Gasteiger partial charge in [0.1, 0.15) is 0 Å². The molecule has 0 saturated carbocycles. The van der Waals surface area contributed by atoms with Gasteiger partial charge < -0.3 is 9.88 Å². The fourth-order valence-corrected chi connectivity index (χ4v) is 1.67. The van der Waals surface area contributed by atoms with Crippen LogP contribution in [0.4, 0.5) is 5.69 Å². The van der Waals surface area contributed by atoms with E-state index in [9.17, 15) is 0 Å². The molecule has 0 aliphatic heterocycles. The van der Waals surface area contributed by atoms with Crippen molar-refractivity contribution >= 4 is 11.9 Å². The van der Waals surface area contributed by atoms with Crippen molar-refractivity contribution in [2.45, 2.75) is 6.54 Å². The molecule has 1 aromatic carbocycles. The quantitative estimate of drug-likeness (QED) is 0.800. The van der Waals surface area contributed by atoms with Gasteiger partial charge in [-0.3, -0.25) is 4.99 Å². The fourth-order valence-electron chi connectivity index (χ4n) is 1.67. The standard InChI is InChI=1S/C14H17N3/c1-17(2)11-12-6-3-4-8-14(12)16-10-13-7-5-9-15-13/h3-10,15H,11H2,1-2H3. The maximum absolute atomic E-state index is 4.52. The van der Waals surface area contributed by atoms with Crippen LogP contribution in [0, 0.1) is 0 Å². The number of benzene rings is 1. The normalized spacial score (nSPS) is 11.5. The molecule has 1 heterocycles. The lowest BCUT2D eigenvalue weighted by atomic mass is 10.2. The van der Waals surface area contributed by atoms with E-state index in [4.69, 9.17) is 0 Å². The van der Waals surface area contributed by atoms with Gasteiger partial charge in [0.15, 0.2) is 0 Å². The van der Waals surface area contributed by atoms with Gasteiger partial charge in [-0.1, -0.05) is 18.2 Å². The highest BCUT2D eigenvalue weighted by atomic mass is 15.0. The van der Waals surface area contributed by atoms with E-state index < -0.39 is 0 Å². The average molecular weight is 227 g/mol. The number of aliphatic imine (C=N–C) groups is 1. The summed E-state index contributed by atoms with van der Waals surface area (Å²) in [4.78, 5) is 9.77. The summed E-state index contributed by atoms with van der Waals surface area (Å²) in [6.07, 6.45) is 3.75. The highest BCUT2D eigenvalue weighted by Gasteiger charge is 2.00. The van der Waals surface area contributed by atoms with Gasteiger partial charge in [-0.15, -0.1) is 0 Å². The molecule has 0 radical (unpaired) electrons. The van der Waals surface area contributed by atoms with Crippen molar-refractivity contribution < 1.29 is 0 Å². The Labute approximate surface area is 102 Å². The Bertz CT molecular complexity index is 484. The lowest BCUT2D eigenvalue weighted by molar-refractivity contribution is 0.403. The smallest absolute Gasteiger partial charge is 0.0675 e. The molecule has 3 nitrogen and oxygen atoms in total. The third kappa shape index (κ3) is 3.29. The summed E-state index contributed by atoms with van der Waals surface area (Å²) >= 11 is 0. The van der Waals surface area contributed by atoms with Crippen molar-refractivity contribution in [2.75, 3.05) is 14.1 Å². The summed E-state index contributed by atoms with van der Waals surface area (Å²) < 4.78 is 0. The molecule has 2 rings (SSSR count). The van der Waals surface area contributed by atoms with Crippen LogP contribution < -0.4 is 0 Å². The Morgan fingerprint density at radius 1 is 1.18 bits per heavy atom. The first-order chi connectivity index (χ1) is 8.25. The van der Waals surface area contributed by atoms with Crippen LogP contribution in [0.25, 0.3) is 0 Å². The van der Waals surface area contributed by atoms with Crippen LogP contribution >= 0.6 is 0 Å². The zero-order chi connectivity index (χ0) is 12.1. The second-order valence-corrected chi connectivity index (χ2v) is 4.25. The third-order valence-corrected chi connectivity index (χ3v) is 2.44. The number of aromatic nitrogens is 1. The van der Waals surface area contributed by atoms with Crippen molar-refractivity contribution in [3.05, 3.63) is 53.9 Å². The van der Waals surface area contributed by atoms with Gasteiger partial charge in [0.2, 0.25) is 0 Å². The van der Waals surface area contributed by atoms with Crippen LogP contribution in [-0.2, 0) is 6.54 Å². The van der Waals surface area contributed by atoms with Crippen LogP contribution in [0.1, 0.15) is 11.3 Å². The highest BCUT2D eigenvalue weighted by Crippen LogP contribution is 2.19. The fraction of sp³-hybridized carbons (Fsp3) is 0.214. The molecule has 0 saturated heterocycles. The molecular formula is C14H17N3. The molecule has 0 fully saturated rings. The van der Waals surface area contributed by atoms with E-state index >= 15 is 0 Å². The van der Waals surface area contributed by atoms with Crippen LogP contribution in [-0.4, -0.2) is 30.2 Å². The molecule has 1 N–H and O–H groups in total. The number of para-hydroxylation sites is 1. The Morgan fingerprint density at radius 2 is 2.00 bits per heavy atom. The minimum absolute atomic E-state index is 0.901. The van der Waals surface area contributed by atoms with E-state index in [-0.39, 0.29) is 0 Å². The molecule has 0 amide bonds. The summed E-state index contributed by atoms with van der Waals surface area (Å²) in [5.74, 6) is 0. The number of hydrogen-bond donors (Lipinski definition) is 1. The number of nitrogens with zero attached hydrogens (tertiary/aromatic N) is 2. The molecule has 0 aliphatic carbocycles. The molecule has 0 spiro atoms. The molecule has 0 bridgehead atoms. The minimum atomic E-state index is 0.901. The van der Waals surface area contributed by atoms with Gasteiger partial charge in [0, 0.05) is 12.7 Å². The number of H-pyrrole nitrogens is 1. The first-order valence-corrected chi connectivity index (χ1v) is 5.66. The zero-order valence-corrected chi connectivity index (χ0v) is 10.2. The van der Waals surface area contributed by atoms with Crippen molar-refractivity contribution in [1.29, 1.82) is 0 Å². The molecule has 3 heteroatoms. The highest BCUT2D eigenvalue weighted by molar-refractivity contribution is 5.80. The molecule has 0 atom stereocenters. The Kier molecular flexibility index (Phi) is 3.73. The van der Waals surface area contributed by atoms with E-state index in [0.717, 1.165) is 17.9 Å². The summed E-state index contributed by atoms with van der Waals surface area (Å²) in [6, 6.07) is 12.2. The van der Waals surface area contributed by atoms with E-state index in [1.165, 1.54) is 5.56 Å². The monoisotopic (exact) mass is 227 g/mol. The largest absolute Gasteiger partial charge is 0.360 e. The Hall–Kier alpha value is -1.87.